The molecule has 4 heteroatoms. The van der Waals surface area contributed by atoms with Crippen LogP contribution in [0.3, 0.4) is 0 Å². The quantitative estimate of drug-likeness (QED) is 0.894. The third-order valence-electron chi connectivity index (χ3n) is 3.48. The van der Waals surface area contributed by atoms with Gasteiger partial charge in [0.2, 0.25) is 0 Å². The molecule has 0 aromatic carbocycles. The normalized spacial score (nSPS) is 12.6. The molecule has 1 atom stereocenters. The smallest absolute Gasteiger partial charge is 0.0641 e. The van der Waals surface area contributed by atoms with Crippen LogP contribution in [-0.2, 0) is 19.9 Å². The number of pyridine rings is 1. The molecule has 0 aliphatic carbocycles. The molecule has 19 heavy (non-hydrogen) atoms. The maximum atomic E-state index is 4.53. The predicted octanol–water partition coefficient (Wildman–Crippen LogP) is 2.19. The fourth-order valence-electron chi connectivity index (χ4n) is 2.32. The average Bonchev–Trinajstić information content (AvgIpc) is 2.75. The van der Waals surface area contributed by atoms with Crippen LogP contribution >= 0.6 is 0 Å². The van der Waals surface area contributed by atoms with Crippen LogP contribution in [-0.4, -0.2) is 21.8 Å². The second kappa shape index (κ2) is 5.97. The Morgan fingerprint density at radius 3 is 2.63 bits per heavy atom. The molecule has 2 aromatic rings. The van der Waals surface area contributed by atoms with Crippen molar-refractivity contribution in [1.29, 1.82) is 0 Å². The van der Waals surface area contributed by atoms with E-state index in [0.29, 0.717) is 0 Å². The number of hydrogen-bond donors (Lipinski definition) is 1. The highest BCUT2D eigenvalue weighted by Crippen LogP contribution is 2.20. The highest BCUT2D eigenvalue weighted by molar-refractivity contribution is 5.23. The summed E-state index contributed by atoms with van der Waals surface area (Å²) in [5.41, 5.74) is 4.71. The van der Waals surface area contributed by atoms with Crippen molar-refractivity contribution in [3.63, 3.8) is 0 Å². The first kappa shape index (κ1) is 13.7. The van der Waals surface area contributed by atoms with Crippen LogP contribution < -0.4 is 5.32 Å². The van der Waals surface area contributed by atoms with Crippen LogP contribution in [0.1, 0.15) is 35.5 Å². The van der Waals surface area contributed by atoms with Crippen molar-refractivity contribution in [3.05, 3.63) is 47.0 Å². The van der Waals surface area contributed by atoms with Crippen LogP contribution in [0.25, 0.3) is 0 Å². The first-order chi connectivity index (χ1) is 9.13. The summed E-state index contributed by atoms with van der Waals surface area (Å²) in [5, 5.41) is 7.76. The molecular weight excluding hydrogens is 236 g/mol. The average molecular weight is 258 g/mol. The van der Waals surface area contributed by atoms with Crippen molar-refractivity contribution in [3.8, 4) is 0 Å². The molecule has 0 aliphatic rings. The highest BCUT2D eigenvalue weighted by atomic mass is 15.3. The molecule has 2 heterocycles. The van der Waals surface area contributed by atoms with Gasteiger partial charge in [0, 0.05) is 43.2 Å². The molecule has 0 saturated heterocycles. The number of rotatable bonds is 5. The maximum absolute atomic E-state index is 4.53. The molecule has 2 aromatic heterocycles. The molecule has 1 unspecified atom stereocenters. The van der Waals surface area contributed by atoms with Gasteiger partial charge in [-0.3, -0.25) is 9.67 Å². The third-order valence-corrected chi connectivity index (χ3v) is 3.48. The number of nitrogens with zero attached hydrogens (tertiary/aromatic N) is 3. The standard InChI is InChI=1S/C15H22N4/c1-5-12-6-7-13(17-9-12)8-15(16-3)14-10-19(4)18-11(14)2/h6-7,9-10,15-16H,5,8H2,1-4H3. The van der Waals surface area contributed by atoms with Crippen molar-refractivity contribution in [1.82, 2.24) is 20.1 Å². The molecule has 0 fully saturated rings. The van der Waals surface area contributed by atoms with Crippen molar-refractivity contribution < 1.29 is 0 Å². The Bertz CT molecular complexity index is 528. The Morgan fingerprint density at radius 2 is 2.16 bits per heavy atom. The SMILES string of the molecule is CCc1ccc(CC(NC)c2cn(C)nc2C)nc1. The van der Waals surface area contributed by atoms with Gasteiger partial charge in [0.1, 0.15) is 0 Å². The summed E-state index contributed by atoms with van der Waals surface area (Å²) in [7, 11) is 3.94. The molecule has 0 amide bonds. The van der Waals surface area contributed by atoms with E-state index in [4.69, 9.17) is 0 Å². The lowest BCUT2D eigenvalue weighted by atomic mass is 10.0. The molecule has 0 saturated carbocycles. The topological polar surface area (TPSA) is 42.7 Å². The van der Waals surface area contributed by atoms with E-state index in [1.165, 1.54) is 11.1 Å². The van der Waals surface area contributed by atoms with Gasteiger partial charge in [-0.15, -0.1) is 0 Å². The minimum atomic E-state index is 0.258. The molecule has 4 nitrogen and oxygen atoms in total. The molecular formula is C15H22N4. The Hall–Kier alpha value is -1.68. The number of aryl methyl sites for hydroxylation is 3. The van der Waals surface area contributed by atoms with E-state index in [9.17, 15) is 0 Å². The van der Waals surface area contributed by atoms with Gasteiger partial charge >= 0.3 is 0 Å². The van der Waals surface area contributed by atoms with Crippen LogP contribution in [0.5, 0.6) is 0 Å². The van der Waals surface area contributed by atoms with Gasteiger partial charge in [-0.1, -0.05) is 13.0 Å². The van der Waals surface area contributed by atoms with Crippen LogP contribution in [0, 0.1) is 6.92 Å². The summed E-state index contributed by atoms with van der Waals surface area (Å²) in [6.07, 6.45) is 5.96. The molecule has 0 spiro atoms. The second-order valence-corrected chi connectivity index (χ2v) is 4.90. The minimum Gasteiger partial charge on any atom is -0.313 e. The summed E-state index contributed by atoms with van der Waals surface area (Å²) < 4.78 is 1.86. The first-order valence-corrected chi connectivity index (χ1v) is 6.75. The fourth-order valence-corrected chi connectivity index (χ4v) is 2.32. The van der Waals surface area contributed by atoms with Gasteiger partial charge in [-0.05, 0) is 32.0 Å². The lowest BCUT2D eigenvalue weighted by Gasteiger charge is -2.15. The Morgan fingerprint density at radius 1 is 1.37 bits per heavy atom. The van der Waals surface area contributed by atoms with E-state index in [1.54, 1.807) is 0 Å². The summed E-state index contributed by atoms with van der Waals surface area (Å²) in [6, 6.07) is 4.54. The summed E-state index contributed by atoms with van der Waals surface area (Å²) in [4.78, 5) is 4.53. The van der Waals surface area contributed by atoms with E-state index < -0.39 is 0 Å². The third kappa shape index (κ3) is 3.20. The van der Waals surface area contributed by atoms with E-state index >= 15 is 0 Å². The summed E-state index contributed by atoms with van der Waals surface area (Å²) in [5.74, 6) is 0. The van der Waals surface area contributed by atoms with Crippen molar-refractivity contribution in [2.45, 2.75) is 32.7 Å². The molecule has 0 aliphatic heterocycles. The number of aromatic nitrogens is 3. The maximum Gasteiger partial charge on any atom is 0.0641 e. The van der Waals surface area contributed by atoms with E-state index in [-0.39, 0.29) is 6.04 Å². The number of nitrogens with one attached hydrogen (secondary N) is 1. The summed E-state index contributed by atoms with van der Waals surface area (Å²) >= 11 is 0. The zero-order valence-electron chi connectivity index (χ0n) is 12.1. The van der Waals surface area contributed by atoms with E-state index in [2.05, 4.69) is 40.7 Å². The van der Waals surface area contributed by atoms with Gasteiger partial charge in [0.05, 0.1) is 5.69 Å². The Balaban J connectivity index is 2.16. The predicted molar refractivity (Wildman–Crippen MR) is 77.1 cm³/mol. The molecule has 2 rings (SSSR count). The monoisotopic (exact) mass is 258 g/mol. The van der Waals surface area contributed by atoms with Crippen molar-refractivity contribution in [2.75, 3.05) is 7.05 Å². The van der Waals surface area contributed by atoms with Crippen LogP contribution in [0.15, 0.2) is 24.5 Å². The lowest BCUT2D eigenvalue weighted by Crippen LogP contribution is -2.19. The summed E-state index contributed by atoms with van der Waals surface area (Å²) in [6.45, 7) is 4.19. The largest absolute Gasteiger partial charge is 0.313 e. The van der Waals surface area contributed by atoms with Gasteiger partial charge in [-0.2, -0.15) is 5.10 Å². The van der Waals surface area contributed by atoms with Crippen LogP contribution in [0.4, 0.5) is 0 Å². The highest BCUT2D eigenvalue weighted by Gasteiger charge is 2.15. The fraction of sp³-hybridized carbons (Fsp3) is 0.467. The number of likely N-dealkylation sites (N-methyl/N-ethyl adjacent to an activating group) is 1. The second-order valence-electron chi connectivity index (χ2n) is 4.90. The zero-order chi connectivity index (χ0) is 13.8. The van der Waals surface area contributed by atoms with Gasteiger partial charge in [-0.25, -0.2) is 0 Å². The zero-order valence-corrected chi connectivity index (χ0v) is 12.1. The molecule has 102 valence electrons. The minimum absolute atomic E-state index is 0.258. The molecule has 0 radical (unpaired) electrons. The van der Waals surface area contributed by atoms with Gasteiger partial charge in [0.25, 0.3) is 0 Å². The first-order valence-electron chi connectivity index (χ1n) is 6.75. The Labute approximate surface area is 114 Å². The lowest BCUT2D eigenvalue weighted by molar-refractivity contribution is 0.581. The van der Waals surface area contributed by atoms with Crippen molar-refractivity contribution >= 4 is 0 Å². The van der Waals surface area contributed by atoms with Crippen LogP contribution in [0.2, 0.25) is 0 Å². The number of hydrogen-bond acceptors (Lipinski definition) is 3. The molecule has 1 N–H and O–H groups in total. The molecule has 0 bridgehead atoms. The Kier molecular flexibility index (Phi) is 4.32. The van der Waals surface area contributed by atoms with Crippen molar-refractivity contribution in [2.24, 2.45) is 7.05 Å². The van der Waals surface area contributed by atoms with Gasteiger partial charge in [0.15, 0.2) is 0 Å². The van der Waals surface area contributed by atoms with Gasteiger partial charge < -0.3 is 5.32 Å². The van der Waals surface area contributed by atoms with E-state index in [0.717, 1.165) is 24.2 Å². The van der Waals surface area contributed by atoms with E-state index in [1.807, 2.05) is 31.9 Å².